The van der Waals surface area contributed by atoms with Gasteiger partial charge in [-0.15, -0.1) is 0 Å². The molecule has 0 aliphatic heterocycles. The molecule has 2 aromatic rings. The molecule has 0 saturated carbocycles. The molecule has 0 saturated heterocycles. The Morgan fingerprint density at radius 3 is 3.00 bits per heavy atom. The zero-order valence-corrected chi connectivity index (χ0v) is 11.0. The number of rotatable bonds is 5. The van der Waals surface area contributed by atoms with Crippen LogP contribution in [-0.2, 0) is 18.3 Å². The molecule has 102 valence electrons. The Morgan fingerprint density at radius 2 is 2.26 bits per heavy atom. The van der Waals surface area contributed by atoms with Gasteiger partial charge in [0.2, 0.25) is 5.91 Å². The third-order valence-corrected chi connectivity index (χ3v) is 2.94. The second kappa shape index (κ2) is 5.79. The number of hydrogen-bond donors (Lipinski definition) is 2. The van der Waals surface area contributed by atoms with E-state index < -0.39 is 0 Å². The first-order chi connectivity index (χ1) is 9.11. The van der Waals surface area contributed by atoms with E-state index in [0.717, 1.165) is 11.3 Å². The predicted molar refractivity (Wildman–Crippen MR) is 71.3 cm³/mol. The zero-order valence-electron chi connectivity index (χ0n) is 11.0. The fourth-order valence-corrected chi connectivity index (χ4v) is 1.98. The molecule has 0 aliphatic rings. The summed E-state index contributed by atoms with van der Waals surface area (Å²) in [5.74, 6) is 0.483. The highest BCUT2D eigenvalue weighted by molar-refractivity contribution is 5.78. The predicted octanol–water partition coefficient (Wildman–Crippen LogP) is 0.590. The Hall–Kier alpha value is -1.95. The van der Waals surface area contributed by atoms with E-state index in [-0.39, 0.29) is 11.7 Å². The van der Waals surface area contributed by atoms with Crippen molar-refractivity contribution >= 4 is 16.9 Å². The Kier molecular flexibility index (Phi) is 4.11. The van der Waals surface area contributed by atoms with Crippen molar-refractivity contribution in [1.29, 1.82) is 0 Å². The first-order valence-corrected chi connectivity index (χ1v) is 6.14. The smallest absolute Gasteiger partial charge is 0.233 e. The van der Waals surface area contributed by atoms with E-state index in [1.807, 2.05) is 11.6 Å². The van der Waals surface area contributed by atoms with Crippen molar-refractivity contribution in [1.82, 2.24) is 20.2 Å². The highest BCUT2D eigenvalue weighted by atomic mass is 19.1. The average molecular weight is 264 g/mol. The molecule has 0 atom stereocenters. The van der Waals surface area contributed by atoms with Crippen molar-refractivity contribution in [2.75, 3.05) is 20.1 Å². The Labute approximate surface area is 110 Å². The minimum Gasteiger partial charge on any atom is -0.355 e. The Morgan fingerprint density at radius 1 is 1.47 bits per heavy atom. The van der Waals surface area contributed by atoms with Crippen LogP contribution in [0.15, 0.2) is 18.2 Å². The first kappa shape index (κ1) is 13.5. The lowest BCUT2D eigenvalue weighted by Crippen LogP contribution is -2.33. The maximum absolute atomic E-state index is 13.1. The van der Waals surface area contributed by atoms with Gasteiger partial charge in [0, 0.05) is 26.1 Å². The number of hydrogen-bond acceptors (Lipinski definition) is 3. The molecule has 2 rings (SSSR count). The summed E-state index contributed by atoms with van der Waals surface area (Å²) in [6.07, 6.45) is 0.613. The summed E-state index contributed by atoms with van der Waals surface area (Å²) >= 11 is 0. The summed E-state index contributed by atoms with van der Waals surface area (Å²) < 4.78 is 15.0. The number of imidazole rings is 1. The molecule has 6 heteroatoms. The number of carbonyl (C=O) groups is 1. The highest BCUT2D eigenvalue weighted by Gasteiger charge is 2.08. The number of carbonyl (C=O) groups excluding carboxylic acids is 1. The fourth-order valence-electron chi connectivity index (χ4n) is 1.98. The molecule has 19 heavy (non-hydrogen) atoms. The molecular weight excluding hydrogens is 247 g/mol. The van der Waals surface area contributed by atoms with Gasteiger partial charge in [-0.25, -0.2) is 9.37 Å². The van der Waals surface area contributed by atoms with Crippen LogP contribution in [0.3, 0.4) is 0 Å². The largest absolute Gasteiger partial charge is 0.355 e. The number of amides is 1. The van der Waals surface area contributed by atoms with E-state index in [9.17, 15) is 9.18 Å². The van der Waals surface area contributed by atoms with Gasteiger partial charge < -0.3 is 15.2 Å². The van der Waals surface area contributed by atoms with Crippen LogP contribution in [0.25, 0.3) is 11.0 Å². The molecule has 0 spiro atoms. The fraction of sp³-hybridized carbons (Fsp3) is 0.385. The normalized spacial score (nSPS) is 10.9. The number of aromatic nitrogens is 2. The third-order valence-electron chi connectivity index (χ3n) is 2.94. The van der Waals surface area contributed by atoms with E-state index in [4.69, 9.17) is 0 Å². The van der Waals surface area contributed by atoms with Gasteiger partial charge in [0.15, 0.2) is 0 Å². The number of aryl methyl sites for hydroxylation is 1. The molecule has 1 aromatic heterocycles. The third kappa shape index (κ3) is 3.08. The van der Waals surface area contributed by atoms with E-state index >= 15 is 0 Å². The summed E-state index contributed by atoms with van der Waals surface area (Å²) in [5, 5.41) is 5.57. The molecule has 1 heterocycles. The standard InChI is InChI=1S/C13H17FN4O/c1-15-8-13(19)16-6-5-12-17-10-7-9(14)3-4-11(10)18(12)2/h3-4,7,15H,5-6,8H2,1-2H3,(H,16,19). The number of benzene rings is 1. The molecule has 2 N–H and O–H groups in total. The topological polar surface area (TPSA) is 59.0 Å². The van der Waals surface area contributed by atoms with Crippen LogP contribution < -0.4 is 10.6 Å². The van der Waals surface area contributed by atoms with Gasteiger partial charge in [-0.05, 0) is 19.2 Å². The van der Waals surface area contributed by atoms with Crippen LogP contribution in [0.4, 0.5) is 4.39 Å². The van der Waals surface area contributed by atoms with Crippen LogP contribution in [-0.4, -0.2) is 35.6 Å². The summed E-state index contributed by atoms with van der Waals surface area (Å²) in [6, 6.07) is 4.54. The van der Waals surface area contributed by atoms with Gasteiger partial charge in [-0.1, -0.05) is 0 Å². The molecule has 0 fully saturated rings. The van der Waals surface area contributed by atoms with Gasteiger partial charge in [-0.3, -0.25) is 4.79 Å². The average Bonchev–Trinajstić information content (AvgIpc) is 2.66. The summed E-state index contributed by atoms with van der Waals surface area (Å²) in [6.45, 7) is 0.813. The molecule has 1 amide bonds. The van der Waals surface area contributed by atoms with Crippen LogP contribution >= 0.6 is 0 Å². The maximum atomic E-state index is 13.1. The molecule has 5 nitrogen and oxygen atoms in total. The summed E-state index contributed by atoms with van der Waals surface area (Å²) in [5.41, 5.74) is 1.53. The van der Waals surface area contributed by atoms with E-state index in [0.29, 0.717) is 25.0 Å². The van der Waals surface area contributed by atoms with Crippen molar-refractivity contribution in [3.05, 3.63) is 29.8 Å². The van der Waals surface area contributed by atoms with Crippen LogP contribution in [0.5, 0.6) is 0 Å². The van der Waals surface area contributed by atoms with Gasteiger partial charge >= 0.3 is 0 Å². The quantitative estimate of drug-likeness (QED) is 0.831. The molecule has 0 radical (unpaired) electrons. The zero-order chi connectivity index (χ0) is 13.8. The van der Waals surface area contributed by atoms with E-state index in [1.54, 1.807) is 13.1 Å². The maximum Gasteiger partial charge on any atom is 0.233 e. The van der Waals surface area contributed by atoms with E-state index in [2.05, 4.69) is 15.6 Å². The number of fused-ring (bicyclic) bond motifs is 1. The van der Waals surface area contributed by atoms with E-state index in [1.165, 1.54) is 12.1 Å². The number of halogens is 1. The lowest BCUT2D eigenvalue weighted by atomic mass is 10.3. The number of nitrogens with one attached hydrogen (secondary N) is 2. The second-order valence-corrected chi connectivity index (χ2v) is 4.35. The van der Waals surface area contributed by atoms with Gasteiger partial charge in [0.1, 0.15) is 11.6 Å². The lowest BCUT2D eigenvalue weighted by molar-refractivity contribution is -0.120. The van der Waals surface area contributed by atoms with Crippen molar-refractivity contribution < 1.29 is 9.18 Å². The van der Waals surface area contributed by atoms with Gasteiger partial charge in [-0.2, -0.15) is 0 Å². The van der Waals surface area contributed by atoms with Crippen molar-refractivity contribution in [2.24, 2.45) is 7.05 Å². The minimum atomic E-state index is -0.292. The van der Waals surface area contributed by atoms with Crippen LogP contribution in [0.2, 0.25) is 0 Å². The summed E-state index contributed by atoms with van der Waals surface area (Å²) in [4.78, 5) is 15.7. The number of nitrogens with zero attached hydrogens (tertiary/aromatic N) is 2. The number of likely N-dealkylation sites (N-methyl/N-ethyl adjacent to an activating group) is 1. The Balaban J connectivity index is 2.05. The lowest BCUT2D eigenvalue weighted by Gasteiger charge is -2.05. The molecule has 0 aliphatic carbocycles. The van der Waals surface area contributed by atoms with Crippen molar-refractivity contribution in [3.63, 3.8) is 0 Å². The highest BCUT2D eigenvalue weighted by Crippen LogP contribution is 2.16. The van der Waals surface area contributed by atoms with Gasteiger partial charge in [0.05, 0.1) is 17.6 Å². The van der Waals surface area contributed by atoms with Gasteiger partial charge in [0.25, 0.3) is 0 Å². The summed E-state index contributed by atoms with van der Waals surface area (Å²) in [7, 11) is 3.61. The minimum absolute atomic E-state index is 0.0488. The SMILES string of the molecule is CNCC(=O)NCCc1nc2cc(F)ccc2n1C. The van der Waals surface area contributed by atoms with Crippen molar-refractivity contribution in [3.8, 4) is 0 Å². The molecule has 0 bridgehead atoms. The van der Waals surface area contributed by atoms with Crippen LogP contribution in [0, 0.1) is 5.82 Å². The molecular formula is C13H17FN4O. The molecule has 0 unspecified atom stereocenters. The second-order valence-electron chi connectivity index (χ2n) is 4.35. The van der Waals surface area contributed by atoms with Crippen LogP contribution in [0.1, 0.15) is 5.82 Å². The first-order valence-electron chi connectivity index (χ1n) is 6.14. The molecule has 1 aromatic carbocycles. The monoisotopic (exact) mass is 264 g/mol. The Bertz CT molecular complexity index is 594. The van der Waals surface area contributed by atoms with Crippen molar-refractivity contribution in [2.45, 2.75) is 6.42 Å².